The number of anilines is 2. The van der Waals surface area contributed by atoms with E-state index in [4.69, 9.17) is 11.5 Å². The first-order valence-corrected chi connectivity index (χ1v) is 8.99. The number of nitrogen functional groups attached to an aromatic ring is 2. The van der Waals surface area contributed by atoms with Crippen LogP contribution in [0.25, 0.3) is 0 Å². The molecule has 0 aromatic heterocycles. The maximum atomic E-state index is 11.1. The van der Waals surface area contributed by atoms with E-state index in [-0.39, 0.29) is 76.9 Å². The molecule has 0 aliphatic rings. The zero-order valence-corrected chi connectivity index (χ0v) is 19.2. The second-order valence-corrected chi connectivity index (χ2v) is 7.53. The molecule has 2 rings (SSSR count). The normalized spacial score (nSPS) is 11.3. The van der Waals surface area contributed by atoms with E-state index in [0.29, 0.717) is 11.1 Å². The Morgan fingerprint density at radius 2 is 1.04 bits per heavy atom. The molecule has 8 nitrogen and oxygen atoms in total. The van der Waals surface area contributed by atoms with E-state index in [2.05, 4.69) is 0 Å². The second-order valence-electron chi connectivity index (χ2n) is 4.83. The van der Waals surface area contributed by atoms with Gasteiger partial charge in [-0.15, -0.1) is 0 Å². The van der Waals surface area contributed by atoms with E-state index >= 15 is 0 Å². The molecule has 0 spiro atoms. The molecule has 4 N–H and O–H groups in total. The van der Waals surface area contributed by atoms with Gasteiger partial charge < -0.3 is 20.6 Å². The van der Waals surface area contributed by atoms with Crippen LogP contribution in [0.1, 0.15) is 11.1 Å². The van der Waals surface area contributed by atoms with Crippen LogP contribution in [0.3, 0.4) is 0 Å². The zero-order valence-electron chi connectivity index (χ0n) is 13.6. The largest absolute Gasteiger partial charge is 1.00 e. The first-order chi connectivity index (χ1) is 10.5. The predicted molar refractivity (Wildman–Crippen MR) is 80.4 cm³/mol. The van der Waals surface area contributed by atoms with Crippen LogP contribution in [0, 0.1) is 0 Å². The fourth-order valence-electron chi connectivity index (χ4n) is 2.05. The Labute approximate surface area is 190 Å². The van der Waals surface area contributed by atoms with Gasteiger partial charge in [0.25, 0.3) is 0 Å². The molecule has 0 saturated carbocycles. The predicted octanol–water partition coefficient (Wildman–Crippen LogP) is -5.74. The Morgan fingerprint density at radius 3 is 1.32 bits per heavy atom. The minimum Gasteiger partial charge on any atom is -0.744 e. The van der Waals surface area contributed by atoms with Crippen molar-refractivity contribution in [3.8, 4) is 0 Å². The second kappa shape index (κ2) is 9.18. The summed E-state index contributed by atoms with van der Waals surface area (Å²) in [7, 11) is -9.45. The number of hydrogen-bond donors (Lipinski definition) is 2. The fraction of sp³-hybridized carbons (Fsp3) is 0.0769. The fourth-order valence-corrected chi connectivity index (χ4v) is 3.35. The van der Waals surface area contributed by atoms with Gasteiger partial charge in [-0.05, 0) is 41.8 Å². The van der Waals surface area contributed by atoms with Gasteiger partial charge in [0.05, 0.1) is 9.79 Å². The summed E-state index contributed by atoms with van der Waals surface area (Å²) in [5.74, 6) is 0. The van der Waals surface area contributed by atoms with Gasteiger partial charge in [-0.2, -0.15) is 0 Å². The summed E-state index contributed by atoms with van der Waals surface area (Å²) in [6.07, 6.45) is 0.0889. The number of rotatable bonds is 4. The minimum atomic E-state index is -4.73. The van der Waals surface area contributed by atoms with Crippen LogP contribution in [0.5, 0.6) is 0 Å². The summed E-state index contributed by atoms with van der Waals surface area (Å²) >= 11 is 0. The van der Waals surface area contributed by atoms with Crippen LogP contribution in [-0.4, -0.2) is 25.9 Å². The van der Waals surface area contributed by atoms with Crippen LogP contribution >= 0.6 is 0 Å². The molecule has 0 aliphatic heterocycles. The van der Waals surface area contributed by atoms with Gasteiger partial charge in [0.15, 0.2) is 0 Å². The van der Waals surface area contributed by atoms with Gasteiger partial charge in [-0.25, -0.2) is 16.8 Å². The maximum Gasteiger partial charge on any atom is 1.00 e. The van der Waals surface area contributed by atoms with E-state index in [0.717, 1.165) is 12.1 Å². The third-order valence-electron chi connectivity index (χ3n) is 3.10. The Kier molecular flexibility index (Phi) is 9.13. The molecular weight excluding hydrogens is 390 g/mol. The van der Waals surface area contributed by atoms with Gasteiger partial charge >= 0.3 is 59.1 Å². The average molecular weight is 402 g/mol. The van der Waals surface area contributed by atoms with Crippen molar-refractivity contribution < 1.29 is 85.1 Å². The van der Waals surface area contributed by atoms with Crippen molar-refractivity contribution in [2.45, 2.75) is 16.2 Å². The SMILES string of the molecule is Nc1ccc(Cc2ccc(N)c(S(=O)(=O)[O-])c2)cc1S(=O)(=O)[O-].[Na+].[Na+]. The molecule has 0 aliphatic carbocycles. The van der Waals surface area contributed by atoms with Crippen LogP contribution in [0.4, 0.5) is 11.4 Å². The minimum absolute atomic E-state index is 0. The number of hydrogen-bond acceptors (Lipinski definition) is 8. The Balaban J connectivity index is 0.00000288. The molecule has 0 saturated heterocycles. The molecular formula is C13H12N2Na2O6S2. The van der Waals surface area contributed by atoms with Crippen LogP contribution in [0.15, 0.2) is 46.2 Å². The summed E-state index contributed by atoms with van der Waals surface area (Å²) < 4.78 is 66.7. The molecule has 2 aromatic rings. The standard InChI is InChI=1S/C13H14N2O6S2.2Na/c14-10-3-1-8(6-12(10)22(16,17)18)5-9-2-4-11(15)13(7-9)23(19,20)21;;/h1-4,6-7H,5,14-15H2,(H,16,17,18)(H,19,20,21);;/q;2*+1/p-2. The molecule has 2 aromatic carbocycles. The Morgan fingerprint density at radius 1 is 0.720 bits per heavy atom. The molecule has 0 unspecified atom stereocenters. The van der Waals surface area contributed by atoms with Crippen molar-refractivity contribution >= 4 is 31.6 Å². The number of nitrogens with two attached hydrogens (primary N) is 2. The molecule has 12 heteroatoms. The molecule has 0 heterocycles. The molecule has 124 valence electrons. The van der Waals surface area contributed by atoms with E-state index < -0.39 is 30.0 Å². The third kappa shape index (κ3) is 6.51. The zero-order chi connectivity index (χ0) is 17.4. The summed E-state index contributed by atoms with van der Waals surface area (Å²) in [5.41, 5.74) is 11.4. The molecule has 0 amide bonds. The van der Waals surface area contributed by atoms with Crippen LogP contribution in [0.2, 0.25) is 0 Å². The van der Waals surface area contributed by atoms with Gasteiger partial charge in [0.2, 0.25) is 0 Å². The summed E-state index contributed by atoms with van der Waals surface area (Å²) in [5, 5.41) is 0. The molecule has 25 heavy (non-hydrogen) atoms. The summed E-state index contributed by atoms with van der Waals surface area (Å²) in [6.45, 7) is 0. The Bertz CT molecular complexity index is 899. The van der Waals surface area contributed by atoms with Gasteiger partial charge in [-0.3, -0.25) is 0 Å². The first kappa shape index (κ1) is 24.9. The molecule has 0 fully saturated rings. The van der Waals surface area contributed by atoms with Crippen molar-refractivity contribution in [3.63, 3.8) is 0 Å². The third-order valence-corrected chi connectivity index (χ3v) is 4.89. The van der Waals surface area contributed by atoms with Crippen LogP contribution < -0.4 is 70.6 Å². The molecule has 0 radical (unpaired) electrons. The average Bonchev–Trinajstić information content (AvgIpc) is 2.40. The number of benzene rings is 2. The van der Waals surface area contributed by atoms with Crippen molar-refractivity contribution in [3.05, 3.63) is 47.5 Å². The topological polar surface area (TPSA) is 166 Å². The Hall–Kier alpha value is -0.140. The van der Waals surface area contributed by atoms with Gasteiger partial charge in [0, 0.05) is 11.4 Å². The smallest absolute Gasteiger partial charge is 0.744 e. The monoisotopic (exact) mass is 402 g/mol. The molecule has 0 atom stereocenters. The van der Waals surface area contributed by atoms with E-state index in [1.165, 1.54) is 24.3 Å². The van der Waals surface area contributed by atoms with Gasteiger partial charge in [-0.1, -0.05) is 12.1 Å². The first-order valence-electron chi connectivity index (χ1n) is 6.17. The summed E-state index contributed by atoms with van der Waals surface area (Å²) in [4.78, 5) is -1.11. The maximum absolute atomic E-state index is 11.1. The molecule has 0 bridgehead atoms. The van der Waals surface area contributed by atoms with E-state index in [1.807, 2.05) is 0 Å². The van der Waals surface area contributed by atoms with Crippen molar-refractivity contribution in [1.82, 2.24) is 0 Å². The quantitative estimate of drug-likeness (QED) is 0.290. The van der Waals surface area contributed by atoms with Crippen molar-refractivity contribution in [1.29, 1.82) is 0 Å². The van der Waals surface area contributed by atoms with E-state index in [9.17, 15) is 25.9 Å². The van der Waals surface area contributed by atoms with Crippen molar-refractivity contribution in [2.24, 2.45) is 0 Å². The van der Waals surface area contributed by atoms with E-state index in [1.54, 1.807) is 0 Å². The van der Waals surface area contributed by atoms with Crippen LogP contribution in [-0.2, 0) is 26.7 Å². The van der Waals surface area contributed by atoms with Crippen molar-refractivity contribution in [2.75, 3.05) is 11.5 Å². The van der Waals surface area contributed by atoms with Gasteiger partial charge in [0.1, 0.15) is 20.2 Å². The summed E-state index contributed by atoms with van der Waals surface area (Å²) in [6, 6.07) is 7.74.